The monoisotopic (exact) mass is 348 g/mol. The minimum Gasteiger partial charge on any atom is -0.392 e. The van der Waals surface area contributed by atoms with Gasteiger partial charge >= 0.3 is 0 Å². The fourth-order valence-electron chi connectivity index (χ4n) is 6.38. The van der Waals surface area contributed by atoms with Gasteiger partial charge in [0.05, 0.1) is 18.3 Å². The Balaban J connectivity index is 1.93. The second kappa shape index (κ2) is 4.83. The van der Waals surface area contributed by atoms with Crippen LogP contribution in [0.25, 0.3) is 0 Å². The van der Waals surface area contributed by atoms with Gasteiger partial charge in [-0.3, -0.25) is 4.79 Å². The van der Waals surface area contributed by atoms with Crippen LogP contribution in [0.4, 0.5) is 0 Å². The number of hydrogen-bond donors (Lipinski definition) is 4. The van der Waals surface area contributed by atoms with E-state index >= 15 is 0 Å². The van der Waals surface area contributed by atoms with Crippen LogP contribution in [0, 0.1) is 35.0 Å². The van der Waals surface area contributed by atoms with E-state index in [-0.39, 0.29) is 42.0 Å². The van der Waals surface area contributed by atoms with Crippen LogP contribution < -0.4 is 0 Å². The smallest absolute Gasteiger partial charge is 0.190 e. The molecule has 8 atom stereocenters. The third-order valence-electron chi connectivity index (χ3n) is 7.82. The average Bonchev–Trinajstić information content (AvgIpc) is 3.07. The first-order valence-electron chi connectivity index (χ1n) is 9.17. The number of carbonyl (C=O) groups is 1. The molecule has 0 aliphatic heterocycles. The second-order valence-corrected chi connectivity index (χ2v) is 9.31. The number of carbonyl (C=O) groups excluding carboxylic acids is 1. The van der Waals surface area contributed by atoms with E-state index in [2.05, 4.69) is 13.8 Å². The number of aliphatic hydroxyl groups excluding tert-OH is 2. The maximum atomic E-state index is 12.7. The summed E-state index contributed by atoms with van der Waals surface area (Å²) in [5, 5.41) is 43.8. The Kier molecular flexibility index (Phi) is 3.36. The SMILES string of the molecule is CC1=C[C@H]2[C@@]3(O)[C@H](C)[C@@H](O)C4[C@@H]([C@@H]3C=C(CO)C[C@]2(O)C1=O)C4(C)C. The molecule has 2 fully saturated rings. The van der Waals surface area contributed by atoms with Gasteiger partial charge in [0, 0.05) is 24.2 Å². The van der Waals surface area contributed by atoms with Crippen molar-refractivity contribution in [3.8, 4) is 0 Å². The Morgan fingerprint density at radius 1 is 1.20 bits per heavy atom. The predicted octanol–water partition coefficient (Wildman–Crippen LogP) is 0.815. The molecule has 4 N–H and O–H groups in total. The van der Waals surface area contributed by atoms with Crippen LogP contribution in [0.15, 0.2) is 23.3 Å². The third-order valence-corrected chi connectivity index (χ3v) is 7.82. The molecule has 0 aromatic heterocycles. The number of rotatable bonds is 1. The normalized spacial score (nSPS) is 53.2. The third kappa shape index (κ3) is 1.85. The second-order valence-electron chi connectivity index (χ2n) is 9.31. The zero-order valence-corrected chi connectivity index (χ0v) is 15.2. The number of ketones is 1. The minimum atomic E-state index is -1.75. The summed E-state index contributed by atoms with van der Waals surface area (Å²) in [5.41, 5.74) is -2.26. The van der Waals surface area contributed by atoms with Crippen LogP contribution in [0.5, 0.6) is 0 Å². The summed E-state index contributed by atoms with van der Waals surface area (Å²) in [6.07, 6.45) is 2.91. The highest BCUT2D eigenvalue weighted by atomic mass is 16.3. The van der Waals surface area contributed by atoms with Gasteiger partial charge in [-0.05, 0) is 35.3 Å². The van der Waals surface area contributed by atoms with Gasteiger partial charge in [-0.15, -0.1) is 0 Å². The maximum Gasteiger partial charge on any atom is 0.190 e. The van der Waals surface area contributed by atoms with E-state index in [9.17, 15) is 25.2 Å². The number of Topliss-reactive ketones (excluding diaryl/α,β-unsaturated/α-hetero) is 1. The summed E-state index contributed by atoms with van der Waals surface area (Å²) in [6.45, 7) is 7.40. The van der Waals surface area contributed by atoms with Gasteiger partial charge in [-0.2, -0.15) is 0 Å². The zero-order chi connectivity index (χ0) is 18.5. The molecule has 4 aliphatic rings. The molecule has 5 heteroatoms. The molecule has 0 spiro atoms. The lowest BCUT2D eigenvalue weighted by Crippen LogP contribution is -2.62. The Morgan fingerprint density at radius 2 is 1.84 bits per heavy atom. The topological polar surface area (TPSA) is 98.0 Å². The highest BCUT2D eigenvalue weighted by molar-refractivity contribution is 6.04. The standard InChI is InChI=1S/C20H28O5/c1-9-5-13-19(24,17(9)23)7-11(8-21)6-12-14-15(18(14,3)4)16(22)10(2)20(12,13)25/h5-6,10,12-16,21-22,24-25H,7-8H2,1-4H3/t10-,12+,13-,14-,15?,16-,19-,20-/m1/s1. The molecule has 138 valence electrons. The van der Waals surface area contributed by atoms with Crippen molar-refractivity contribution in [2.45, 2.75) is 51.4 Å². The first-order chi connectivity index (χ1) is 11.5. The van der Waals surface area contributed by atoms with Gasteiger partial charge in [-0.25, -0.2) is 0 Å². The van der Waals surface area contributed by atoms with Gasteiger partial charge in [0.25, 0.3) is 0 Å². The van der Waals surface area contributed by atoms with Crippen molar-refractivity contribution in [2.24, 2.45) is 35.0 Å². The number of fused-ring (bicyclic) bond motifs is 5. The van der Waals surface area contributed by atoms with Gasteiger partial charge < -0.3 is 20.4 Å². The van der Waals surface area contributed by atoms with Gasteiger partial charge in [-0.1, -0.05) is 32.9 Å². The van der Waals surface area contributed by atoms with E-state index in [1.165, 1.54) is 0 Å². The Hall–Kier alpha value is -1.01. The lowest BCUT2D eigenvalue weighted by atomic mass is 9.59. The Bertz CT molecular complexity index is 707. The van der Waals surface area contributed by atoms with Crippen molar-refractivity contribution in [1.82, 2.24) is 0 Å². The molecule has 0 aromatic carbocycles. The molecular weight excluding hydrogens is 320 g/mol. The summed E-state index contributed by atoms with van der Waals surface area (Å²) in [4.78, 5) is 12.7. The summed E-state index contributed by atoms with van der Waals surface area (Å²) in [7, 11) is 0. The van der Waals surface area contributed by atoms with E-state index in [1.807, 2.05) is 13.0 Å². The van der Waals surface area contributed by atoms with Crippen LogP contribution in [0.1, 0.15) is 34.1 Å². The van der Waals surface area contributed by atoms with Crippen LogP contribution in [-0.4, -0.2) is 50.1 Å². The minimum absolute atomic E-state index is 0.0281. The summed E-state index contributed by atoms with van der Waals surface area (Å²) in [6, 6.07) is 0. The largest absolute Gasteiger partial charge is 0.392 e. The van der Waals surface area contributed by atoms with Crippen molar-refractivity contribution in [2.75, 3.05) is 6.61 Å². The summed E-state index contributed by atoms with van der Waals surface area (Å²) >= 11 is 0. The molecule has 25 heavy (non-hydrogen) atoms. The molecule has 5 nitrogen and oxygen atoms in total. The van der Waals surface area contributed by atoms with Crippen LogP contribution >= 0.6 is 0 Å². The van der Waals surface area contributed by atoms with E-state index in [0.29, 0.717) is 11.1 Å². The highest BCUT2D eigenvalue weighted by Crippen LogP contribution is 2.72. The van der Waals surface area contributed by atoms with Gasteiger partial charge in [0.1, 0.15) is 5.60 Å². The van der Waals surface area contributed by atoms with Crippen molar-refractivity contribution in [3.63, 3.8) is 0 Å². The fourth-order valence-corrected chi connectivity index (χ4v) is 6.38. The van der Waals surface area contributed by atoms with Gasteiger partial charge in [0.2, 0.25) is 0 Å². The van der Waals surface area contributed by atoms with Gasteiger partial charge in [0.15, 0.2) is 5.78 Å². The first kappa shape index (κ1) is 17.4. The number of aliphatic hydroxyl groups is 4. The molecule has 0 bridgehead atoms. The lowest BCUT2D eigenvalue weighted by molar-refractivity contribution is -0.186. The van der Waals surface area contributed by atoms with E-state index in [1.54, 1.807) is 13.0 Å². The lowest BCUT2D eigenvalue weighted by Gasteiger charge is -2.50. The molecule has 2 saturated carbocycles. The van der Waals surface area contributed by atoms with Crippen LogP contribution in [0.3, 0.4) is 0 Å². The molecule has 0 saturated heterocycles. The van der Waals surface area contributed by atoms with E-state index in [4.69, 9.17) is 0 Å². The molecule has 4 aliphatic carbocycles. The average molecular weight is 348 g/mol. The Labute approximate surface area is 148 Å². The summed E-state index contributed by atoms with van der Waals surface area (Å²) < 4.78 is 0. The van der Waals surface area contributed by atoms with Crippen molar-refractivity contribution in [1.29, 1.82) is 0 Å². The van der Waals surface area contributed by atoms with E-state index < -0.39 is 29.1 Å². The quantitative estimate of drug-likeness (QED) is 0.526. The molecule has 0 heterocycles. The van der Waals surface area contributed by atoms with Crippen LogP contribution in [-0.2, 0) is 4.79 Å². The molecule has 0 radical (unpaired) electrons. The fraction of sp³-hybridized carbons (Fsp3) is 0.750. The maximum absolute atomic E-state index is 12.7. The number of hydrogen-bond acceptors (Lipinski definition) is 5. The van der Waals surface area contributed by atoms with Crippen LogP contribution in [0.2, 0.25) is 0 Å². The molecular formula is C20H28O5. The molecule has 4 rings (SSSR count). The van der Waals surface area contributed by atoms with E-state index in [0.717, 1.165) is 0 Å². The van der Waals surface area contributed by atoms with Crippen molar-refractivity contribution in [3.05, 3.63) is 23.3 Å². The highest BCUT2D eigenvalue weighted by Gasteiger charge is 2.76. The first-order valence-corrected chi connectivity index (χ1v) is 9.17. The predicted molar refractivity (Wildman–Crippen MR) is 91.4 cm³/mol. The Morgan fingerprint density at radius 3 is 2.44 bits per heavy atom. The van der Waals surface area contributed by atoms with Crippen molar-refractivity contribution >= 4 is 5.78 Å². The molecule has 0 amide bonds. The van der Waals surface area contributed by atoms with Crippen molar-refractivity contribution < 1.29 is 25.2 Å². The zero-order valence-electron chi connectivity index (χ0n) is 15.2. The molecule has 0 aromatic rings. The summed E-state index contributed by atoms with van der Waals surface area (Å²) in [5.74, 6) is -1.80. The molecule has 1 unspecified atom stereocenters.